The van der Waals surface area contributed by atoms with Crippen LogP contribution in [0.5, 0.6) is 0 Å². The topological polar surface area (TPSA) is 41.4 Å². The first-order valence-electron chi connectivity index (χ1n) is 9.23. The van der Waals surface area contributed by atoms with E-state index in [9.17, 15) is 4.79 Å². The summed E-state index contributed by atoms with van der Waals surface area (Å²) in [5.41, 5.74) is 2.32. The number of carbonyl (C=O) groups excluding carboxylic acids is 1. The summed E-state index contributed by atoms with van der Waals surface area (Å²) in [6.07, 6.45) is 4.32. The third kappa shape index (κ3) is 3.76. The molecule has 4 heterocycles. The fourth-order valence-electron chi connectivity index (χ4n) is 4.18. The second-order valence-corrected chi connectivity index (χ2v) is 7.47. The smallest absolute Gasteiger partial charge is 0.244 e. The van der Waals surface area contributed by atoms with Crippen molar-refractivity contribution in [2.24, 2.45) is 5.92 Å². The van der Waals surface area contributed by atoms with Crippen molar-refractivity contribution < 1.29 is 4.79 Å². The zero-order chi connectivity index (χ0) is 17.2. The fourth-order valence-corrected chi connectivity index (χ4v) is 4.18. The van der Waals surface area contributed by atoms with E-state index in [4.69, 9.17) is 0 Å². The largest absolute Gasteiger partial charge is 0.339 e. The number of fused-ring (bicyclic) bond motifs is 4. The van der Waals surface area contributed by atoms with Crippen LogP contribution in [-0.2, 0) is 17.9 Å². The molecule has 0 aliphatic carbocycles. The van der Waals surface area contributed by atoms with Crippen LogP contribution >= 0.6 is 0 Å². The first-order chi connectivity index (χ1) is 12.2. The van der Waals surface area contributed by atoms with Gasteiger partial charge in [0.05, 0.1) is 5.69 Å². The quantitative estimate of drug-likeness (QED) is 0.859. The number of rotatable bonds is 4. The number of piperidine rings is 1. The highest BCUT2D eigenvalue weighted by molar-refractivity contribution is 5.76. The van der Waals surface area contributed by atoms with Crippen LogP contribution in [0.15, 0.2) is 42.6 Å². The van der Waals surface area contributed by atoms with Gasteiger partial charge in [0, 0.05) is 38.4 Å². The van der Waals surface area contributed by atoms with Gasteiger partial charge in [0.15, 0.2) is 0 Å². The van der Waals surface area contributed by atoms with Gasteiger partial charge in [0.25, 0.3) is 0 Å². The van der Waals surface area contributed by atoms with Gasteiger partial charge in [-0.25, -0.2) is 0 Å². The average Bonchev–Trinajstić information content (AvgIpc) is 2.83. The predicted octanol–water partition coefficient (Wildman–Crippen LogP) is 2.31. The van der Waals surface area contributed by atoms with Crippen LogP contribution in [0.1, 0.15) is 24.1 Å². The molecular weight excluding hydrogens is 312 g/mol. The minimum Gasteiger partial charge on any atom is -0.339 e. The molecule has 5 nitrogen and oxygen atoms in total. The Kier molecular flexibility index (Phi) is 4.57. The molecule has 2 atom stereocenters. The third-order valence-corrected chi connectivity index (χ3v) is 5.48. The van der Waals surface area contributed by atoms with Gasteiger partial charge >= 0.3 is 0 Å². The number of nitrogens with zero attached hydrogens (tertiary/aromatic N) is 4. The first-order valence-corrected chi connectivity index (χ1v) is 9.23. The molecule has 2 bridgehead atoms. The lowest BCUT2D eigenvalue weighted by Crippen LogP contribution is -2.44. The lowest BCUT2D eigenvalue weighted by atomic mass is 9.94. The van der Waals surface area contributed by atoms with Gasteiger partial charge in [-0.2, -0.15) is 5.10 Å². The van der Waals surface area contributed by atoms with Gasteiger partial charge in [-0.3, -0.25) is 14.4 Å². The molecule has 1 amide bonds. The van der Waals surface area contributed by atoms with E-state index in [-0.39, 0.29) is 5.91 Å². The second kappa shape index (κ2) is 7.00. The predicted molar refractivity (Wildman–Crippen MR) is 96.9 cm³/mol. The number of carbonyl (C=O) groups is 1. The lowest BCUT2D eigenvalue weighted by Gasteiger charge is -2.36. The van der Waals surface area contributed by atoms with Crippen molar-refractivity contribution in [1.82, 2.24) is 19.6 Å². The number of amides is 1. The van der Waals surface area contributed by atoms with E-state index in [0.717, 1.165) is 31.9 Å². The van der Waals surface area contributed by atoms with Crippen LogP contribution < -0.4 is 0 Å². The number of hydrogen-bond donors (Lipinski definition) is 0. The number of aromatic nitrogens is 2. The molecule has 2 aromatic rings. The molecule has 3 aliphatic heterocycles. The van der Waals surface area contributed by atoms with E-state index < -0.39 is 0 Å². The summed E-state index contributed by atoms with van der Waals surface area (Å²) in [5, 5.41) is 4.35. The highest BCUT2D eigenvalue weighted by atomic mass is 16.2. The fraction of sp³-hybridized carbons (Fsp3) is 0.500. The van der Waals surface area contributed by atoms with Crippen molar-refractivity contribution in [3.63, 3.8) is 0 Å². The van der Waals surface area contributed by atoms with E-state index in [1.54, 1.807) is 4.68 Å². The Morgan fingerprint density at radius 1 is 1.12 bits per heavy atom. The molecular formula is C20H26N4O. The molecule has 0 N–H and O–H groups in total. The molecule has 25 heavy (non-hydrogen) atoms. The van der Waals surface area contributed by atoms with Gasteiger partial charge < -0.3 is 4.90 Å². The summed E-state index contributed by atoms with van der Waals surface area (Å²) >= 11 is 0. The van der Waals surface area contributed by atoms with E-state index in [1.165, 1.54) is 18.4 Å². The summed E-state index contributed by atoms with van der Waals surface area (Å²) in [4.78, 5) is 17.4. The molecule has 132 valence electrons. The number of hydrogen-bond acceptors (Lipinski definition) is 3. The van der Waals surface area contributed by atoms with Crippen molar-refractivity contribution in [2.45, 2.75) is 38.9 Å². The van der Waals surface area contributed by atoms with Crippen molar-refractivity contribution in [1.29, 1.82) is 0 Å². The molecule has 0 spiro atoms. The van der Waals surface area contributed by atoms with E-state index in [2.05, 4.69) is 45.2 Å². The Morgan fingerprint density at radius 3 is 2.72 bits per heavy atom. The molecule has 3 aliphatic rings. The zero-order valence-corrected chi connectivity index (χ0v) is 14.8. The molecule has 0 saturated carbocycles. The summed E-state index contributed by atoms with van der Waals surface area (Å²) in [5.74, 6) is 0.785. The van der Waals surface area contributed by atoms with Crippen molar-refractivity contribution in [2.75, 3.05) is 19.6 Å². The maximum Gasteiger partial charge on any atom is 0.244 e. The standard InChI is InChI=1S/C20H26N4O/c1-16-9-10-24(21-16)15-20(25)23-13-18-7-8-19(14-23)22(12-18)11-17-5-3-2-4-6-17/h2-6,9-10,18-19H,7-8,11-15H2,1H3/t18-,19-/m1/s1. The van der Waals surface area contributed by atoms with Crippen LogP contribution in [0.4, 0.5) is 0 Å². The molecule has 0 unspecified atom stereocenters. The highest BCUT2D eigenvalue weighted by Gasteiger charge is 2.36. The Balaban J connectivity index is 1.42. The Morgan fingerprint density at radius 2 is 1.96 bits per heavy atom. The average molecular weight is 338 g/mol. The molecule has 3 fully saturated rings. The highest BCUT2D eigenvalue weighted by Crippen LogP contribution is 2.29. The van der Waals surface area contributed by atoms with Gasteiger partial charge in [0.1, 0.15) is 6.54 Å². The maximum atomic E-state index is 12.8. The lowest BCUT2D eigenvalue weighted by molar-refractivity contribution is -0.132. The van der Waals surface area contributed by atoms with Gasteiger partial charge in [-0.15, -0.1) is 0 Å². The Bertz CT molecular complexity index is 726. The molecule has 1 aromatic heterocycles. The maximum absolute atomic E-state index is 12.8. The van der Waals surface area contributed by atoms with E-state index >= 15 is 0 Å². The zero-order valence-electron chi connectivity index (χ0n) is 14.8. The molecule has 5 heteroatoms. The van der Waals surface area contributed by atoms with Crippen molar-refractivity contribution >= 4 is 5.91 Å². The molecule has 3 saturated heterocycles. The van der Waals surface area contributed by atoms with Crippen LogP contribution in [0.3, 0.4) is 0 Å². The normalized spacial score (nSPS) is 23.6. The first kappa shape index (κ1) is 16.3. The van der Waals surface area contributed by atoms with Crippen LogP contribution in [0, 0.1) is 12.8 Å². The molecule has 5 rings (SSSR count). The summed E-state index contributed by atoms with van der Waals surface area (Å²) in [6.45, 7) is 6.14. The minimum absolute atomic E-state index is 0.196. The molecule has 1 aromatic carbocycles. The van der Waals surface area contributed by atoms with Crippen molar-refractivity contribution in [3.8, 4) is 0 Å². The number of benzene rings is 1. The van der Waals surface area contributed by atoms with Crippen LogP contribution in [0.25, 0.3) is 0 Å². The Hall–Kier alpha value is -2.14. The number of aryl methyl sites for hydroxylation is 1. The molecule has 0 radical (unpaired) electrons. The summed E-state index contributed by atoms with van der Waals surface area (Å²) in [6, 6.07) is 13.1. The van der Waals surface area contributed by atoms with Gasteiger partial charge in [0.2, 0.25) is 5.91 Å². The van der Waals surface area contributed by atoms with Gasteiger partial charge in [-0.1, -0.05) is 30.3 Å². The van der Waals surface area contributed by atoms with E-state index in [0.29, 0.717) is 18.5 Å². The van der Waals surface area contributed by atoms with E-state index in [1.807, 2.05) is 19.2 Å². The van der Waals surface area contributed by atoms with Crippen LogP contribution in [-0.4, -0.2) is 51.2 Å². The minimum atomic E-state index is 0.196. The van der Waals surface area contributed by atoms with Crippen molar-refractivity contribution in [3.05, 3.63) is 53.9 Å². The van der Waals surface area contributed by atoms with Crippen LogP contribution in [0.2, 0.25) is 0 Å². The summed E-state index contributed by atoms with van der Waals surface area (Å²) < 4.78 is 1.76. The monoisotopic (exact) mass is 338 g/mol. The summed E-state index contributed by atoms with van der Waals surface area (Å²) in [7, 11) is 0. The van der Waals surface area contributed by atoms with Gasteiger partial charge in [-0.05, 0) is 37.3 Å². The second-order valence-electron chi connectivity index (χ2n) is 7.47. The Labute approximate surface area is 149 Å². The third-order valence-electron chi connectivity index (χ3n) is 5.48. The SMILES string of the molecule is Cc1ccn(CC(=O)N2C[C@@H]3CC[C@H](C2)N(Cc2ccccc2)C3)n1.